The first-order valence-electron chi connectivity index (χ1n) is 3.95. The first kappa shape index (κ1) is 7.11. The van der Waals surface area contributed by atoms with Gasteiger partial charge in [-0.05, 0) is 37.3 Å². The molecule has 0 radical (unpaired) electrons. The molecule has 1 aromatic rings. The fourth-order valence-electron chi connectivity index (χ4n) is 1.18. The Bertz CT molecular complexity index is 255. The van der Waals surface area contributed by atoms with Gasteiger partial charge in [-0.2, -0.15) is 0 Å². The Labute approximate surface area is 71.4 Å². The van der Waals surface area contributed by atoms with Crippen LogP contribution < -0.4 is 0 Å². The lowest BCUT2D eigenvalue weighted by molar-refractivity contribution is 0.804. The first-order chi connectivity index (χ1) is 5.34. The number of aromatic nitrogens is 1. The van der Waals surface area contributed by atoms with E-state index in [0.29, 0.717) is 0 Å². The number of pyridine rings is 1. The Balaban J connectivity index is 2.10. The zero-order valence-electron chi connectivity index (χ0n) is 6.26. The van der Waals surface area contributed by atoms with Crippen LogP contribution in [0.4, 0.5) is 0 Å². The van der Waals surface area contributed by atoms with Crippen LogP contribution >= 0.6 is 11.6 Å². The summed E-state index contributed by atoms with van der Waals surface area (Å²) in [6.45, 7) is 0. The van der Waals surface area contributed by atoms with Crippen LogP contribution in [-0.2, 0) is 6.42 Å². The smallest absolute Gasteiger partial charge is 0.0439 e. The van der Waals surface area contributed by atoms with E-state index in [4.69, 9.17) is 11.6 Å². The molecule has 2 heteroatoms. The van der Waals surface area contributed by atoms with Gasteiger partial charge in [0.05, 0.1) is 0 Å². The largest absolute Gasteiger partial charge is 0.261 e. The van der Waals surface area contributed by atoms with Gasteiger partial charge in [0.2, 0.25) is 0 Å². The SMILES string of the molecule is Clc1ccnc(CC2CC2)c1. The zero-order valence-corrected chi connectivity index (χ0v) is 7.01. The van der Waals surface area contributed by atoms with E-state index in [1.807, 2.05) is 12.1 Å². The summed E-state index contributed by atoms with van der Waals surface area (Å²) in [5, 5.41) is 0.802. The van der Waals surface area contributed by atoms with Gasteiger partial charge in [-0.3, -0.25) is 4.98 Å². The normalized spacial score (nSPS) is 16.8. The number of nitrogens with zero attached hydrogens (tertiary/aromatic N) is 1. The van der Waals surface area contributed by atoms with Gasteiger partial charge in [-0.1, -0.05) is 11.6 Å². The van der Waals surface area contributed by atoms with Crippen LogP contribution in [0, 0.1) is 5.92 Å². The van der Waals surface area contributed by atoms with Gasteiger partial charge in [0.1, 0.15) is 0 Å². The summed E-state index contributed by atoms with van der Waals surface area (Å²) in [6, 6.07) is 3.78. The molecule has 0 spiro atoms. The van der Waals surface area contributed by atoms with Gasteiger partial charge in [0.25, 0.3) is 0 Å². The van der Waals surface area contributed by atoms with Crippen LogP contribution in [-0.4, -0.2) is 4.98 Å². The van der Waals surface area contributed by atoms with Crippen LogP contribution in [0.5, 0.6) is 0 Å². The highest BCUT2D eigenvalue weighted by Gasteiger charge is 2.21. The van der Waals surface area contributed by atoms with Crippen molar-refractivity contribution < 1.29 is 0 Å². The number of halogens is 1. The van der Waals surface area contributed by atoms with E-state index < -0.39 is 0 Å². The van der Waals surface area contributed by atoms with Gasteiger partial charge in [-0.15, -0.1) is 0 Å². The van der Waals surface area contributed by atoms with Crippen LogP contribution in [0.3, 0.4) is 0 Å². The van der Waals surface area contributed by atoms with E-state index in [1.54, 1.807) is 6.20 Å². The molecule has 0 bridgehead atoms. The molecule has 11 heavy (non-hydrogen) atoms. The predicted octanol–water partition coefficient (Wildman–Crippen LogP) is 2.69. The number of hydrogen-bond acceptors (Lipinski definition) is 1. The van der Waals surface area contributed by atoms with Crippen LogP contribution in [0.15, 0.2) is 18.3 Å². The van der Waals surface area contributed by atoms with Gasteiger partial charge >= 0.3 is 0 Å². The van der Waals surface area contributed by atoms with Crippen molar-refractivity contribution in [1.29, 1.82) is 0 Å². The van der Waals surface area contributed by atoms with Gasteiger partial charge in [0.15, 0.2) is 0 Å². The monoisotopic (exact) mass is 167 g/mol. The molecule has 58 valence electrons. The van der Waals surface area contributed by atoms with Gasteiger partial charge in [0, 0.05) is 16.9 Å². The molecule has 1 nitrogen and oxygen atoms in total. The molecule has 2 rings (SSSR count). The zero-order chi connectivity index (χ0) is 7.68. The highest BCUT2D eigenvalue weighted by atomic mass is 35.5. The molecule has 0 unspecified atom stereocenters. The Morgan fingerprint density at radius 3 is 3.00 bits per heavy atom. The van der Waals surface area contributed by atoms with Crippen molar-refractivity contribution in [2.45, 2.75) is 19.3 Å². The Morgan fingerprint density at radius 1 is 1.55 bits per heavy atom. The molecular formula is C9H10ClN. The van der Waals surface area contributed by atoms with Crippen molar-refractivity contribution >= 4 is 11.6 Å². The second kappa shape index (κ2) is 2.82. The standard InChI is InChI=1S/C9H10ClN/c10-8-3-4-11-9(6-8)5-7-1-2-7/h3-4,6-7H,1-2,5H2. The Morgan fingerprint density at radius 2 is 2.36 bits per heavy atom. The average molecular weight is 168 g/mol. The first-order valence-corrected chi connectivity index (χ1v) is 4.33. The van der Waals surface area contributed by atoms with Crippen LogP contribution in [0.2, 0.25) is 5.02 Å². The van der Waals surface area contributed by atoms with Crippen molar-refractivity contribution in [2.24, 2.45) is 5.92 Å². The molecule has 1 aromatic heterocycles. The Kier molecular flexibility index (Phi) is 1.82. The van der Waals surface area contributed by atoms with Crippen molar-refractivity contribution in [1.82, 2.24) is 4.98 Å². The molecule has 0 aliphatic heterocycles. The van der Waals surface area contributed by atoms with Crippen molar-refractivity contribution in [3.63, 3.8) is 0 Å². The molecule has 1 aliphatic rings. The maximum absolute atomic E-state index is 5.81. The van der Waals surface area contributed by atoms with E-state index in [-0.39, 0.29) is 0 Å². The topological polar surface area (TPSA) is 12.9 Å². The lowest BCUT2D eigenvalue weighted by Crippen LogP contribution is -1.89. The summed E-state index contributed by atoms with van der Waals surface area (Å²) in [5.74, 6) is 0.890. The minimum absolute atomic E-state index is 0.802. The summed E-state index contributed by atoms with van der Waals surface area (Å²) in [4.78, 5) is 4.24. The van der Waals surface area contributed by atoms with Gasteiger partial charge in [-0.25, -0.2) is 0 Å². The molecule has 0 saturated heterocycles. The lowest BCUT2D eigenvalue weighted by atomic mass is 10.2. The number of hydrogen-bond donors (Lipinski definition) is 0. The summed E-state index contributed by atoms with van der Waals surface area (Å²) >= 11 is 5.81. The van der Waals surface area contributed by atoms with Crippen LogP contribution in [0.1, 0.15) is 18.5 Å². The molecule has 0 N–H and O–H groups in total. The van der Waals surface area contributed by atoms with E-state index in [1.165, 1.54) is 12.8 Å². The molecule has 1 fully saturated rings. The maximum atomic E-state index is 5.81. The average Bonchev–Trinajstić information content (AvgIpc) is 2.71. The van der Waals surface area contributed by atoms with Crippen molar-refractivity contribution in [3.05, 3.63) is 29.0 Å². The molecule has 0 atom stereocenters. The van der Waals surface area contributed by atoms with Crippen LogP contribution in [0.25, 0.3) is 0 Å². The summed E-state index contributed by atoms with van der Waals surface area (Å²) < 4.78 is 0. The summed E-state index contributed by atoms with van der Waals surface area (Å²) in [7, 11) is 0. The second-order valence-corrected chi connectivity index (χ2v) is 3.55. The highest BCUT2D eigenvalue weighted by molar-refractivity contribution is 6.30. The van der Waals surface area contributed by atoms with Gasteiger partial charge < -0.3 is 0 Å². The quantitative estimate of drug-likeness (QED) is 0.660. The molecule has 1 heterocycles. The summed E-state index contributed by atoms with van der Waals surface area (Å²) in [6.07, 6.45) is 5.63. The molecular weight excluding hydrogens is 158 g/mol. The van der Waals surface area contributed by atoms with Crippen molar-refractivity contribution in [2.75, 3.05) is 0 Å². The third kappa shape index (κ3) is 1.93. The lowest BCUT2D eigenvalue weighted by Gasteiger charge is -1.97. The molecule has 1 saturated carbocycles. The Hall–Kier alpha value is -0.560. The maximum Gasteiger partial charge on any atom is 0.0439 e. The fourth-order valence-corrected chi connectivity index (χ4v) is 1.36. The third-order valence-electron chi connectivity index (χ3n) is 1.97. The highest BCUT2D eigenvalue weighted by Crippen LogP contribution is 2.32. The molecule has 1 aliphatic carbocycles. The second-order valence-electron chi connectivity index (χ2n) is 3.11. The number of rotatable bonds is 2. The minimum Gasteiger partial charge on any atom is -0.261 e. The molecule has 0 amide bonds. The van der Waals surface area contributed by atoms with Crippen molar-refractivity contribution in [3.8, 4) is 0 Å². The van der Waals surface area contributed by atoms with E-state index >= 15 is 0 Å². The van der Waals surface area contributed by atoms with E-state index in [0.717, 1.165) is 23.1 Å². The fraction of sp³-hybridized carbons (Fsp3) is 0.444. The third-order valence-corrected chi connectivity index (χ3v) is 2.21. The summed E-state index contributed by atoms with van der Waals surface area (Å²) in [5.41, 5.74) is 1.14. The van der Waals surface area contributed by atoms with E-state index in [2.05, 4.69) is 4.98 Å². The minimum atomic E-state index is 0.802. The van der Waals surface area contributed by atoms with E-state index in [9.17, 15) is 0 Å². The molecule has 0 aromatic carbocycles. The predicted molar refractivity (Wildman–Crippen MR) is 45.7 cm³/mol.